The highest BCUT2D eigenvalue weighted by Gasteiger charge is 2.34. The zero-order valence-corrected chi connectivity index (χ0v) is 15.7. The Morgan fingerprint density at radius 3 is 2.37 bits per heavy atom. The van der Waals surface area contributed by atoms with Gasteiger partial charge in [-0.05, 0) is 43.0 Å². The van der Waals surface area contributed by atoms with Crippen molar-refractivity contribution in [1.29, 1.82) is 0 Å². The van der Waals surface area contributed by atoms with Gasteiger partial charge in [-0.3, -0.25) is 0 Å². The molecule has 0 aliphatic carbocycles. The lowest BCUT2D eigenvalue weighted by atomic mass is 9.84. The number of aryl methyl sites for hydroxylation is 1. The fraction of sp³-hybridized carbons (Fsp3) is 0.455. The lowest BCUT2D eigenvalue weighted by Gasteiger charge is -2.39. The number of aliphatic hydroxyl groups is 2. The van der Waals surface area contributed by atoms with E-state index in [1.54, 1.807) is 0 Å². The fourth-order valence-corrected chi connectivity index (χ4v) is 3.88. The Kier molecular flexibility index (Phi) is 5.08. The monoisotopic (exact) mass is 369 g/mol. The van der Waals surface area contributed by atoms with Gasteiger partial charge in [0.05, 0.1) is 11.7 Å². The summed E-state index contributed by atoms with van der Waals surface area (Å²) in [4.78, 5) is 2.21. The molecule has 1 unspecified atom stereocenters. The Labute approximate surface area is 160 Å². The summed E-state index contributed by atoms with van der Waals surface area (Å²) >= 11 is 0. The van der Waals surface area contributed by atoms with Crippen LogP contribution in [0.4, 0.5) is 0 Å². The van der Waals surface area contributed by atoms with E-state index in [0.29, 0.717) is 38.3 Å². The molecule has 2 aliphatic heterocycles. The minimum absolute atomic E-state index is 0.538. The molecule has 0 bridgehead atoms. The number of rotatable bonds is 4. The number of hydrogen-bond acceptors (Lipinski definition) is 5. The SMILES string of the molecule is Cc1ccc(C2(O)CCN(CC(O)c3ccc4c(c3)OCCO4)CC2)cc1. The summed E-state index contributed by atoms with van der Waals surface area (Å²) in [6.07, 6.45) is 0.750. The second-order valence-electron chi connectivity index (χ2n) is 7.62. The molecule has 1 fully saturated rings. The third-order valence-corrected chi connectivity index (χ3v) is 5.65. The van der Waals surface area contributed by atoms with Gasteiger partial charge < -0.3 is 24.6 Å². The van der Waals surface area contributed by atoms with Crippen LogP contribution in [-0.4, -0.2) is 48.0 Å². The first-order chi connectivity index (χ1) is 13.0. The maximum Gasteiger partial charge on any atom is 0.161 e. The molecule has 2 N–H and O–H groups in total. The quantitative estimate of drug-likeness (QED) is 0.868. The molecule has 2 aliphatic rings. The third kappa shape index (κ3) is 3.95. The van der Waals surface area contributed by atoms with Gasteiger partial charge in [0.15, 0.2) is 11.5 Å². The average Bonchev–Trinajstić information content (AvgIpc) is 2.70. The van der Waals surface area contributed by atoms with Crippen molar-refractivity contribution in [2.75, 3.05) is 32.8 Å². The standard InChI is InChI=1S/C22H27NO4/c1-16-2-5-18(6-3-16)22(25)8-10-23(11-9-22)15-19(24)17-4-7-20-21(14-17)27-13-12-26-20/h2-7,14,19,24-25H,8-13,15H2,1H3. The van der Waals surface area contributed by atoms with Crippen LogP contribution in [0.2, 0.25) is 0 Å². The Hall–Kier alpha value is -2.08. The van der Waals surface area contributed by atoms with Crippen molar-refractivity contribution in [1.82, 2.24) is 4.90 Å². The van der Waals surface area contributed by atoms with Gasteiger partial charge in [0.25, 0.3) is 0 Å². The predicted molar refractivity (Wildman–Crippen MR) is 103 cm³/mol. The molecular weight excluding hydrogens is 342 g/mol. The lowest BCUT2D eigenvalue weighted by molar-refractivity contribution is -0.0345. The molecule has 5 nitrogen and oxygen atoms in total. The first-order valence-electron chi connectivity index (χ1n) is 9.63. The second-order valence-corrected chi connectivity index (χ2v) is 7.62. The number of ether oxygens (including phenoxy) is 2. The summed E-state index contributed by atoms with van der Waals surface area (Å²) < 4.78 is 11.1. The molecule has 4 rings (SSSR count). The van der Waals surface area contributed by atoms with Crippen LogP contribution in [0.1, 0.15) is 35.6 Å². The summed E-state index contributed by atoms with van der Waals surface area (Å²) in [6, 6.07) is 13.8. The smallest absolute Gasteiger partial charge is 0.161 e. The van der Waals surface area contributed by atoms with Gasteiger partial charge in [0, 0.05) is 19.6 Å². The van der Waals surface area contributed by atoms with E-state index in [1.807, 2.05) is 42.5 Å². The molecule has 0 aromatic heterocycles. The van der Waals surface area contributed by atoms with E-state index >= 15 is 0 Å². The van der Waals surface area contributed by atoms with E-state index in [2.05, 4.69) is 11.8 Å². The number of likely N-dealkylation sites (tertiary alicyclic amines) is 1. The van der Waals surface area contributed by atoms with Crippen LogP contribution in [0.25, 0.3) is 0 Å². The van der Waals surface area contributed by atoms with Gasteiger partial charge >= 0.3 is 0 Å². The number of fused-ring (bicyclic) bond motifs is 1. The number of piperidine rings is 1. The van der Waals surface area contributed by atoms with Crippen molar-refractivity contribution in [3.63, 3.8) is 0 Å². The van der Waals surface area contributed by atoms with Crippen LogP contribution in [-0.2, 0) is 5.60 Å². The van der Waals surface area contributed by atoms with Crippen LogP contribution < -0.4 is 9.47 Å². The molecule has 27 heavy (non-hydrogen) atoms. The van der Waals surface area contributed by atoms with Crippen LogP contribution in [0.3, 0.4) is 0 Å². The molecule has 0 saturated carbocycles. The van der Waals surface area contributed by atoms with Gasteiger partial charge in [-0.2, -0.15) is 0 Å². The summed E-state index contributed by atoms with van der Waals surface area (Å²) in [5.74, 6) is 1.43. The van der Waals surface area contributed by atoms with E-state index in [-0.39, 0.29) is 0 Å². The fourth-order valence-electron chi connectivity index (χ4n) is 3.88. The summed E-state index contributed by atoms with van der Waals surface area (Å²) in [6.45, 7) is 5.21. The number of β-amino-alcohol motifs (C(OH)–C–C–N with tert-alkyl or cyclic N) is 1. The van der Waals surface area contributed by atoms with Crippen LogP contribution in [0, 0.1) is 6.92 Å². The minimum Gasteiger partial charge on any atom is -0.486 e. The van der Waals surface area contributed by atoms with Crippen LogP contribution in [0.15, 0.2) is 42.5 Å². The maximum absolute atomic E-state index is 11.0. The molecular formula is C22H27NO4. The number of nitrogens with zero attached hydrogens (tertiary/aromatic N) is 1. The Balaban J connectivity index is 1.36. The number of hydrogen-bond donors (Lipinski definition) is 2. The highest BCUT2D eigenvalue weighted by Crippen LogP contribution is 2.35. The molecule has 5 heteroatoms. The van der Waals surface area contributed by atoms with Crippen molar-refractivity contribution in [2.45, 2.75) is 31.5 Å². The molecule has 0 radical (unpaired) electrons. The van der Waals surface area contributed by atoms with Gasteiger partial charge in [-0.15, -0.1) is 0 Å². The molecule has 2 aromatic carbocycles. The Morgan fingerprint density at radius 2 is 1.67 bits per heavy atom. The maximum atomic E-state index is 11.0. The normalized spacial score (nSPS) is 20.3. The van der Waals surface area contributed by atoms with Crippen LogP contribution >= 0.6 is 0 Å². The van der Waals surface area contributed by atoms with E-state index in [1.165, 1.54) is 5.56 Å². The molecule has 1 atom stereocenters. The summed E-state index contributed by atoms with van der Waals surface area (Å²) in [5, 5.41) is 21.7. The van der Waals surface area contributed by atoms with Gasteiger partial charge in [0.1, 0.15) is 13.2 Å². The highest BCUT2D eigenvalue weighted by molar-refractivity contribution is 5.44. The van der Waals surface area contributed by atoms with Gasteiger partial charge in [-0.25, -0.2) is 0 Å². The van der Waals surface area contributed by atoms with Crippen LogP contribution in [0.5, 0.6) is 11.5 Å². The molecule has 2 heterocycles. The largest absolute Gasteiger partial charge is 0.486 e. The minimum atomic E-state index is -0.772. The second kappa shape index (κ2) is 7.50. The summed E-state index contributed by atoms with van der Waals surface area (Å²) in [5.41, 5.74) is 2.24. The number of aliphatic hydroxyl groups excluding tert-OH is 1. The Bertz CT molecular complexity index is 781. The molecule has 1 saturated heterocycles. The highest BCUT2D eigenvalue weighted by atomic mass is 16.6. The number of benzene rings is 2. The van der Waals surface area contributed by atoms with Crippen molar-refractivity contribution in [3.05, 3.63) is 59.2 Å². The third-order valence-electron chi connectivity index (χ3n) is 5.65. The van der Waals surface area contributed by atoms with E-state index in [9.17, 15) is 10.2 Å². The zero-order valence-electron chi connectivity index (χ0n) is 15.7. The Morgan fingerprint density at radius 1 is 1.00 bits per heavy atom. The van der Waals surface area contributed by atoms with Gasteiger partial charge in [0.2, 0.25) is 0 Å². The first kappa shape index (κ1) is 18.3. The predicted octanol–water partition coefficient (Wildman–Crippen LogP) is 2.78. The molecule has 2 aromatic rings. The molecule has 144 valence electrons. The molecule has 0 amide bonds. The van der Waals surface area contributed by atoms with Crippen molar-refractivity contribution < 1.29 is 19.7 Å². The van der Waals surface area contributed by atoms with Gasteiger partial charge in [-0.1, -0.05) is 35.9 Å². The summed E-state index contributed by atoms with van der Waals surface area (Å²) in [7, 11) is 0. The average molecular weight is 369 g/mol. The zero-order chi connectivity index (χ0) is 18.9. The van der Waals surface area contributed by atoms with E-state index in [0.717, 1.165) is 30.0 Å². The van der Waals surface area contributed by atoms with E-state index < -0.39 is 11.7 Å². The molecule has 0 spiro atoms. The van der Waals surface area contributed by atoms with Crippen molar-refractivity contribution >= 4 is 0 Å². The first-order valence-corrected chi connectivity index (χ1v) is 9.63. The van der Waals surface area contributed by atoms with Crippen molar-refractivity contribution in [2.24, 2.45) is 0 Å². The lowest BCUT2D eigenvalue weighted by Crippen LogP contribution is -2.43. The van der Waals surface area contributed by atoms with E-state index in [4.69, 9.17) is 9.47 Å². The van der Waals surface area contributed by atoms with Crippen molar-refractivity contribution in [3.8, 4) is 11.5 Å². The topological polar surface area (TPSA) is 62.2 Å².